The second kappa shape index (κ2) is 2.72. The highest BCUT2D eigenvalue weighted by Gasteiger charge is 2.49. The third-order valence-corrected chi connectivity index (χ3v) is 3.80. The number of allylic oxidation sites excluding steroid dienone is 4. The molecule has 0 N–H and O–H groups in total. The highest BCUT2D eigenvalue weighted by molar-refractivity contribution is 5.67. The Labute approximate surface area is 83.6 Å². The van der Waals surface area contributed by atoms with Gasteiger partial charge in [0.25, 0.3) is 0 Å². The molecule has 0 aliphatic heterocycles. The van der Waals surface area contributed by atoms with Crippen LogP contribution in [-0.2, 0) is 9.53 Å². The van der Waals surface area contributed by atoms with E-state index in [1.54, 1.807) is 0 Å². The molecule has 3 aliphatic rings. The molecule has 74 valence electrons. The van der Waals surface area contributed by atoms with E-state index in [2.05, 4.69) is 18.2 Å². The van der Waals surface area contributed by atoms with Gasteiger partial charge in [0.05, 0.1) is 0 Å². The lowest BCUT2D eigenvalue weighted by molar-refractivity contribution is -0.137. The molecular weight excluding hydrogens is 176 g/mol. The first-order valence-corrected chi connectivity index (χ1v) is 5.32. The molecule has 0 aromatic carbocycles. The van der Waals surface area contributed by atoms with Crippen molar-refractivity contribution in [2.45, 2.75) is 19.8 Å². The summed E-state index contributed by atoms with van der Waals surface area (Å²) in [5.74, 6) is 3.39. The molecular formula is C12H14O2. The van der Waals surface area contributed by atoms with Crippen LogP contribution in [0.15, 0.2) is 24.0 Å². The number of rotatable bonds is 1. The van der Waals surface area contributed by atoms with Crippen LogP contribution < -0.4 is 0 Å². The minimum absolute atomic E-state index is 0.175. The molecule has 2 nitrogen and oxygen atoms in total. The lowest BCUT2D eigenvalue weighted by Crippen LogP contribution is -2.19. The quantitative estimate of drug-likeness (QED) is 0.468. The van der Waals surface area contributed by atoms with Gasteiger partial charge in [-0.05, 0) is 36.7 Å². The molecule has 2 unspecified atom stereocenters. The zero-order valence-corrected chi connectivity index (χ0v) is 8.27. The maximum Gasteiger partial charge on any atom is 0.307 e. The summed E-state index contributed by atoms with van der Waals surface area (Å²) in [6, 6.07) is 0. The van der Waals surface area contributed by atoms with Crippen molar-refractivity contribution >= 4 is 5.97 Å². The summed E-state index contributed by atoms with van der Waals surface area (Å²) < 4.78 is 5.25. The summed E-state index contributed by atoms with van der Waals surface area (Å²) in [5, 5.41) is 0. The van der Waals surface area contributed by atoms with Crippen LogP contribution >= 0.6 is 0 Å². The fourth-order valence-electron chi connectivity index (χ4n) is 3.33. The molecule has 0 saturated heterocycles. The molecule has 0 amide bonds. The van der Waals surface area contributed by atoms with E-state index in [9.17, 15) is 4.79 Å². The van der Waals surface area contributed by atoms with Gasteiger partial charge in [0.1, 0.15) is 5.76 Å². The van der Waals surface area contributed by atoms with Gasteiger partial charge in [-0.25, -0.2) is 0 Å². The maximum absolute atomic E-state index is 10.9. The average molecular weight is 190 g/mol. The van der Waals surface area contributed by atoms with Gasteiger partial charge >= 0.3 is 5.97 Å². The van der Waals surface area contributed by atoms with Gasteiger partial charge in [0.2, 0.25) is 0 Å². The van der Waals surface area contributed by atoms with Crippen LogP contribution in [0.3, 0.4) is 0 Å². The van der Waals surface area contributed by atoms with E-state index in [1.807, 2.05) is 0 Å². The van der Waals surface area contributed by atoms with Crippen LogP contribution in [0.5, 0.6) is 0 Å². The van der Waals surface area contributed by atoms with Crippen molar-refractivity contribution in [2.75, 3.05) is 0 Å². The van der Waals surface area contributed by atoms with Crippen LogP contribution in [0.4, 0.5) is 0 Å². The van der Waals surface area contributed by atoms with E-state index in [4.69, 9.17) is 4.74 Å². The molecule has 0 aromatic rings. The normalized spacial score (nSPS) is 42.5. The average Bonchev–Trinajstić information content (AvgIpc) is 2.68. The molecule has 2 heteroatoms. The minimum Gasteiger partial charge on any atom is -0.431 e. The van der Waals surface area contributed by atoms with E-state index in [0.29, 0.717) is 11.8 Å². The molecule has 1 saturated carbocycles. The highest BCUT2D eigenvalue weighted by Crippen LogP contribution is 2.55. The Kier molecular flexibility index (Phi) is 1.61. The van der Waals surface area contributed by atoms with Gasteiger partial charge in [0.15, 0.2) is 0 Å². The van der Waals surface area contributed by atoms with Crippen molar-refractivity contribution in [3.05, 3.63) is 24.0 Å². The van der Waals surface area contributed by atoms with Crippen molar-refractivity contribution in [2.24, 2.45) is 23.7 Å². The van der Waals surface area contributed by atoms with Crippen LogP contribution in [-0.4, -0.2) is 5.97 Å². The second-order valence-electron chi connectivity index (χ2n) is 4.57. The largest absolute Gasteiger partial charge is 0.431 e. The topological polar surface area (TPSA) is 26.3 Å². The number of hydrogen-bond donors (Lipinski definition) is 0. The zero-order chi connectivity index (χ0) is 9.71. The SMILES string of the molecule is CC(=O)OC1=C[C@H]2C[C@@H]1C1CC=CC12. The number of ether oxygens (including phenoxy) is 1. The molecule has 14 heavy (non-hydrogen) atoms. The van der Waals surface area contributed by atoms with Gasteiger partial charge in [-0.15, -0.1) is 0 Å². The molecule has 0 heterocycles. The first kappa shape index (κ1) is 8.27. The summed E-state index contributed by atoms with van der Waals surface area (Å²) in [6.07, 6.45) is 9.16. The third-order valence-electron chi connectivity index (χ3n) is 3.80. The molecule has 0 spiro atoms. The van der Waals surface area contributed by atoms with Gasteiger partial charge in [-0.2, -0.15) is 0 Å². The van der Waals surface area contributed by atoms with E-state index < -0.39 is 0 Å². The molecule has 0 radical (unpaired) electrons. The number of fused-ring (bicyclic) bond motifs is 5. The Bertz CT molecular complexity index is 340. The molecule has 0 aromatic heterocycles. The van der Waals surface area contributed by atoms with E-state index in [0.717, 1.165) is 17.6 Å². The predicted octanol–water partition coefficient (Wildman–Crippen LogP) is 2.28. The number of esters is 1. The second-order valence-corrected chi connectivity index (χ2v) is 4.57. The third kappa shape index (κ3) is 0.999. The summed E-state index contributed by atoms with van der Waals surface area (Å²) in [6.45, 7) is 1.48. The van der Waals surface area contributed by atoms with Crippen molar-refractivity contribution < 1.29 is 9.53 Å². The summed E-state index contributed by atoms with van der Waals surface area (Å²) >= 11 is 0. The van der Waals surface area contributed by atoms with Crippen LogP contribution in [0.2, 0.25) is 0 Å². The summed E-state index contributed by atoms with van der Waals surface area (Å²) in [7, 11) is 0. The van der Waals surface area contributed by atoms with E-state index in [1.165, 1.54) is 19.8 Å². The zero-order valence-electron chi connectivity index (χ0n) is 8.27. The van der Waals surface area contributed by atoms with Crippen LogP contribution in [0, 0.1) is 23.7 Å². The van der Waals surface area contributed by atoms with Gasteiger partial charge < -0.3 is 4.74 Å². The van der Waals surface area contributed by atoms with Crippen LogP contribution in [0.25, 0.3) is 0 Å². The lowest BCUT2D eigenvalue weighted by Gasteiger charge is -2.23. The first-order chi connectivity index (χ1) is 6.75. The Morgan fingerprint density at radius 3 is 3.21 bits per heavy atom. The monoisotopic (exact) mass is 190 g/mol. The van der Waals surface area contributed by atoms with Crippen LogP contribution in [0.1, 0.15) is 19.8 Å². The standard InChI is InChI=1S/C12H14O2/c1-7(13)14-12-6-8-5-11(12)10-4-2-3-9(8)10/h2-3,6,8-11H,4-5H2,1H3/t8-,9?,10?,11-/m1/s1. The smallest absolute Gasteiger partial charge is 0.307 e. The van der Waals surface area contributed by atoms with E-state index in [-0.39, 0.29) is 5.97 Å². The van der Waals surface area contributed by atoms with Gasteiger partial charge in [0, 0.05) is 12.8 Å². The summed E-state index contributed by atoms with van der Waals surface area (Å²) in [4.78, 5) is 10.9. The highest BCUT2D eigenvalue weighted by atomic mass is 16.5. The molecule has 3 rings (SSSR count). The van der Waals surface area contributed by atoms with Gasteiger partial charge in [-0.3, -0.25) is 4.79 Å². The van der Waals surface area contributed by atoms with Crippen molar-refractivity contribution in [3.8, 4) is 0 Å². The van der Waals surface area contributed by atoms with Gasteiger partial charge in [-0.1, -0.05) is 12.2 Å². The minimum atomic E-state index is -0.175. The number of carbonyl (C=O) groups is 1. The fourth-order valence-corrected chi connectivity index (χ4v) is 3.33. The van der Waals surface area contributed by atoms with Crippen molar-refractivity contribution in [1.29, 1.82) is 0 Å². The first-order valence-electron chi connectivity index (χ1n) is 5.32. The van der Waals surface area contributed by atoms with Crippen molar-refractivity contribution in [1.82, 2.24) is 0 Å². The molecule has 2 bridgehead atoms. The Balaban J connectivity index is 1.84. The Morgan fingerprint density at radius 1 is 1.57 bits per heavy atom. The summed E-state index contributed by atoms with van der Waals surface area (Å²) in [5.41, 5.74) is 0. The van der Waals surface area contributed by atoms with Crippen molar-refractivity contribution in [3.63, 3.8) is 0 Å². The fraction of sp³-hybridized carbons (Fsp3) is 0.583. The predicted molar refractivity (Wildman–Crippen MR) is 52.2 cm³/mol. The Morgan fingerprint density at radius 2 is 2.43 bits per heavy atom. The maximum atomic E-state index is 10.9. The Hall–Kier alpha value is -1.05. The molecule has 4 atom stereocenters. The number of hydrogen-bond acceptors (Lipinski definition) is 2. The van der Waals surface area contributed by atoms with E-state index >= 15 is 0 Å². The number of carbonyl (C=O) groups excluding carboxylic acids is 1. The molecule has 1 fully saturated rings. The lowest BCUT2D eigenvalue weighted by atomic mass is 9.85. The molecule has 3 aliphatic carbocycles.